The summed E-state index contributed by atoms with van der Waals surface area (Å²) in [7, 11) is 0. The summed E-state index contributed by atoms with van der Waals surface area (Å²) < 4.78 is 5.25. The summed E-state index contributed by atoms with van der Waals surface area (Å²) in [6.45, 7) is 3.39. The lowest BCUT2D eigenvalue weighted by Gasteiger charge is -2.08. The van der Waals surface area contributed by atoms with E-state index in [4.69, 9.17) is 10.5 Å². The molecule has 6 nitrogen and oxygen atoms in total. The van der Waals surface area contributed by atoms with Crippen LogP contribution in [0.5, 0.6) is 5.75 Å². The monoisotopic (exact) mass is 252 g/mol. The van der Waals surface area contributed by atoms with Crippen LogP contribution in [0, 0.1) is 13.8 Å². The zero-order valence-electron chi connectivity index (χ0n) is 10.4. The molecule has 0 aliphatic heterocycles. The SMILES string of the molecule is Cc1ccc(OCC(=O)NOCC(N)=O)cc1C. The molecule has 0 radical (unpaired) electrons. The Hall–Kier alpha value is -2.08. The molecule has 0 saturated heterocycles. The molecule has 6 heteroatoms. The molecule has 1 aromatic carbocycles. The minimum absolute atomic E-state index is 0.193. The zero-order valence-corrected chi connectivity index (χ0v) is 10.4. The molecule has 0 bridgehead atoms. The van der Waals surface area contributed by atoms with Gasteiger partial charge in [0.15, 0.2) is 13.2 Å². The lowest BCUT2D eigenvalue weighted by Crippen LogP contribution is -2.32. The van der Waals surface area contributed by atoms with Crippen LogP contribution in [-0.4, -0.2) is 25.0 Å². The van der Waals surface area contributed by atoms with Crippen molar-refractivity contribution in [2.45, 2.75) is 13.8 Å². The first-order valence-electron chi connectivity index (χ1n) is 5.38. The smallest absolute Gasteiger partial charge is 0.281 e. The van der Waals surface area contributed by atoms with Gasteiger partial charge in [-0.1, -0.05) is 6.07 Å². The summed E-state index contributed by atoms with van der Waals surface area (Å²) >= 11 is 0. The number of rotatable bonds is 6. The molecule has 3 N–H and O–H groups in total. The summed E-state index contributed by atoms with van der Waals surface area (Å²) in [5.74, 6) is -0.553. The van der Waals surface area contributed by atoms with Crippen molar-refractivity contribution in [3.05, 3.63) is 29.3 Å². The van der Waals surface area contributed by atoms with Gasteiger partial charge in [-0.25, -0.2) is 5.48 Å². The van der Waals surface area contributed by atoms with E-state index in [9.17, 15) is 9.59 Å². The van der Waals surface area contributed by atoms with E-state index in [0.717, 1.165) is 11.1 Å². The minimum atomic E-state index is -0.662. The van der Waals surface area contributed by atoms with Crippen LogP contribution in [0.4, 0.5) is 0 Å². The van der Waals surface area contributed by atoms with E-state index in [1.165, 1.54) is 0 Å². The number of carbonyl (C=O) groups is 2. The molecule has 0 aromatic heterocycles. The molecule has 0 aliphatic rings. The fourth-order valence-electron chi connectivity index (χ4n) is 1.17. The maximum absolute atomic E-state index is 11.2. The third-order valence-electron chi connectivity index (χ3n) is 2.25. The summed E-state index contributed by atoms with van der Waals surface area (Å²) in [6, 6.07) is 5.53. The van der Waals surface area contributed by atoms with E-state index < -0.39 is 11.8 Å². The second kappa shape index (κ2) is 6.61. The summed E-state index contributed by atoms with van der Waals surface area (Å²) in [5.41, 5.74) is 9.10. The Morgan fingerprint density at radius 3 is 2.56 bits per heavy atom. The lowest BCUT2D eigenvalue weighted by molar-refractivity contribution is -0.139. The Balaban J connectivity index is 2.33. The Kier molecular flexibility index (Phi) is 5.13. The quantitative estimate of drug-likeness (QED) is 0.708. The van der Waals surface area contributed by atoms with Crippen molar-refractivity contribution >= 4 is 11.8 Å². The van der Waals surface area contributed by atoms with Crippen LogP contribution >= 0.6 is 0 Å². The molecule has 0 atom stereocenters. The van der Waals surface area contributed by atoms with Crippen LogP contribution in [0.2, 0.25) is 0 Å². The van der Waals surface area contributed by atoms with Crippen molar-refractivity contribution in [2.24, 2.45) is 5.73 Å². The van der Waals surface area contributed by atoms with E-state index in [1.807, 2.05) is 31.5 Å². The van der Waals surface area contributed by atoms with Crippen molar-refractivity contribution in [1.82, 2.24) is 5.48 Å². The van der Waals surface area contributed by atoms with E-state index in [-0.39, 0.29) is 13.2 Å². The number of nitrogens with two attached hydrogens (primary N) is 1. The van der Waals surface area contributed by atoms with Gasteiger partial charge in [-0.05, 0) is 37.1 Å². The van der Waals surface area contributed by atoms with Crippen LogP contribution in [0.15, 0.2) is 18.2 Å². The Morgan fingerprint density at radius 1 is 1.22 bits per heavy atom. The molecular formula is C12H16N2O4. The molecule has 98 valence electrons. The van der Waals surface area contributed by atoms with Gasteiger partial charge in [-0.2, -0.15) is 0 Å². The second-order valence-electron chi connectivity index (χ2n) is 3.81. The number of primary amides is 1. The van der Waals surface area contributed by atoms with Crippen molar-refractivity contribution in [2.75, 3.05) is 13.2 Å². The standard InChI is InChI=1S/C12H16N2O4/c1-8-3-4-10(5-9(8)2)17-7-12(16)14-18-6-11(13)15/h3-5H,6-7H2,1-2H3,(H2,13,15)(H,14,16). The topological polar surface area (TPSA) is 90.7 Å². The van der Waals surface area contributed by atoms with E-state index >= 15 is 0 Å². The molecule has 1 aromatic rings. The van der Waals surface area contributed by atoms with Crippen molar-refractivity contribution in [1.29, 1.82) is 0 Å². The van der Waals surface area contributed by atoms with Gasteiger partial charge < -0.3 is 10.5 Å². The highest BCUT2D eigenvalue weighted by Crippen LogP contribution is 2.16. The number of ether oxygens (including phenoxy) is 1. The van der Waals surface area contributed by atoms with Gasteiger partial charge in [0.1, 0.15) is 5.75 Å². The summed E-state index contributed by atoms with van der Waals surface area (Å²) in [5, 5.41) is 0. The van der Waals surface area contributed by atoms with Gasteiger partial charge in [0.05, 0.1) is 0 Å². The Morgan fingerprint density at radius 2 is 1.94 bits per heavy atom. The average Bonchev–Trinajstić information content (AvgIpc) is 2.30. The number of hydrogen-bond acceptors (Lipinski definition) is 4. The lowest BCUT2D eigenvalue weighted by atomic mass is 10.1. The summed E-state index contributed by atoms with van der Waals surface area (Å²) in [4.78, 5) is 26.1. The van der Waals surface area contributed by atoms with Gasteiger partial charge >= 0.3 is 0 Å². The molecule has 0 unspecified atom stereocenters. The van der Waals surface area contributed by atoms with Crippen LogP contribution < -0.4 is 16.0 Å². The fourth-order valence-corrected chi connectivity index (χ4v) is 1.17. The first-order valence-corrected chi connectivity index (χ1v) is 5.38. The van der Waals surface area contributed by atoms with Gasteiger partial charge in [0, 0.05) is 0 Å². The molecule has 0 saturated carbocycles. The van der Waals surface area contributed by atoms with Crippen molar-refractivity contribution in [3.8, 4) is 5.75 Å². The number of nitrogens with one attached hydrogen (secondary N) is 1. The number of hydroxylamine groups is 1. The largest absolute Gasteiger partial charge is 0.484 e. The molecule has 2 amide bonds. The molecule has 1 rings (SSSR count). The third kappa shape index (κ3) is 4.84. The van der Waals surface area contributed by atoms with Crippen LogP contribution in [0.25, 0.3) is 0 Å². The first-order chi connectivity index (χ1) is 8.49. The van der Waals surface area contributed by atoms with Crippen molar-refractivity contribution in [3.63, 3.8) is 0 Å². The predicted octanol–water partition coefficient (Wildman–Crippen LogP) is 0.215. The van der Waals surface area contributed by atoms with Gasteiger partial charge in [-0.15, -0.1) is 0 Å². The number of amides is 2. The number of benzene rings is 1. The zero-order chi connectivity index (χ0) is 13.5. The molecule has 0 fully saturated rings. The second-order valence-corrected chi connectivity index (χ2v) is 3.81. The summed E-state index contributed by atoms with van der Waals surface area (Å²) in [6.07, 6.45) is 0. The molecular weight excluding hydrogens is 236 g/mol. The van der Waals surface area contributed by atoms with Crippen molar-refractivity contribution < 1.29 is 19.2 Å². The van der Waals surface area contributed by atoms with E-state index in [2.05, 4.69) is 4.84 Å². The van der Waals surface area contributed by atoms with Gasteiger partial charge in [0.25, 0.3) is 5.91 Å². The average molecular weight is 252 g/mol. The van der Waals surface area contributed by atoms with Crippen LogP contribution in [-0.2, 0) is 14.4 Å². The normalized spacial score (nSPS) is 9.89. The third-order valence-corrected chi connectivity index (χ3v) is 2.25. The maximum Gasteiger partial charge on any atom is 0.281 e. The number of carbonyl (C=O) groups excluding carboxylic acids is 2. The van der Waals surface area contributed by atoms with Gasteiger partial charge in [-0.3, -0.25) is 14.4 Å². The Labute approximate surface area is 105 Å². The van der Waals surface area contributed by atoms with Crippen LogP contribution in [0.1, 0.15) is 11.1 Å². The minimum Gasteiger partial charge on any atom is -0.484 e. The molecule has 0 spiro atoms. The van der Waals surface area contributed by atoms with Gasteiger partial charge in [0.2, 0.25) is 5.91 Å². The highest BCUT2D eigenvalue weighted by atomic mass is 16.7. The van der Waals surface area contributed by atoms with E-state index in [1.54, 1.807) is 6.07 Å². The maximum atomic E-state index is 11.2. The Bertz CT molecular complexity index is 446. The number of hydrogen-bond donors (Lipinski definition) is 2. The fraction of sp³-hybridized carbons (Fsp3) is 0.333. The predicted molar refractivity (Wildman–Crippen MR) is 64.7 cm³/mol. The van der Waals surface area contributed by atoms with Crippen LogP contribution in [0.3, 0.4) is 0 Å². The molecule has 0 aliphatic carbocycles. The highest BCUT2D eigenvalue weighted by molar-refractivity contribution is 5.77. The van der Waals surface area contributed by atoms with E-state index in [0.29, 0.717) is 5.75 Å². The molecule has 18 heavy (non-hydrogen) atoms. The molecule has 0 heterocycles. The highest BCUT2D eigenvalue weighted by Gasteiger charge is 2.04. The first kappa shape index (κ1) is 14.0. The number of aryl methyl sites for hydroxylation is 2.